The van der Waals surface area contributed by atoms with Gasteiger partial charge in [-0.3, -0.25) is 19.8 Å². The number of rotatable bonds is 6. The number of fused-ring (bicyclic) bond motifs is 2. The van der Waals surface area contributed by atoms with E-state index in [1.54, 1.807) is 12.4 Å². The van der Waals surface area contributed by atoms with Crippen molar-refractivity contribution in [2.45, 2.75) is 25.4 Å². The van der Waals surface area contributed by atoms with E-state index >= 15 is 0 Å². The first kappa shape index (κ1) is 13.7. The van der Waals surface area contributed by atoms with Gasteiger partial charge in [-0.15, -0.1) is 11.6 Å². The molecule has 3 heterocycles. The minimum absolute atomic E-state index is 0.295. The molecule has 3 rings (SSSR count). The fourth-order valence-corrected chi connectivity index (χ4v) is 3.13. The van der Waals surface area contributed by atoms with E-state index in [1.165, 1.54) is 13.0 Å². The first-order valence-corrected chi connectivity index (χ1v) is 7.00. The number of piperidine rings is 1. The Morgan fingerprint density at radius 3 is 2.72 bits per heavy atom. The molecule has 100 valence electrons. The zero-order valence-corrected chi connectivity index (χ0v) is 11.7. The van der Waals surface area contributed by atoms with Crippen molar-refractivity contribution in [2.24, 2.45) is 9.98 Å². The van der Waals surface area contributed by atoms with Crippen molar-refractivity contribution in [3.63, 3.8) is 0 Å². The summed E-state index contributed by atoms with van der Waals surface area (Å²) >= 11 is 5.57. The summed E-state index contributed by atoms with van der Waals surface area (Å²) in [5, 5.41) is 0. The maximum absolute atomic E-state index is 5.57. The van der Waals surface area contributed by atoms with Crippen molar-refractivity contribution in [1.82, 2.24) is 9.80 Å². The maximum Gasteiger partial charge on any atom is 0.113 e. The van der Waals surface area contributed by atoms with Gasteiger partial charge in [-0.25, -0.2) is 0 Å². The van der Waals surface area contributed by atoms with Gasteiger partial charge in [0.1, 0.15) is 6.00 Å². The Balaban J connectivity index is 1.88. The first-order valence-electron chi connectivity index (χ1n) is 6.47. The third-order valence-corrected chi connectivity index (χ3v) is 3.91. The molecule has 0 radical (unpaired) electrons. The van der Waals surface area contributed by atoms with Crippen LogP contribution in [0.15, 0.2) is 21.8 Å². The summed E-state index contributed by atoms with van der Waals surface area (Å²) in [4.78, 5) is 13.0. The third kappa shape index (κ3) is 2.99. The summed E-state index contributed by atoms with van der Waals surface area (Å²) in [6.45, 7) is 10.1. The maximum atomic E-state index is 5.57. The summed E-state index contributed by atoms with van der Waals surface area (Å²) in [6.07, 6.45) is 4.94. The van der Waals surface area contributed by atoms with Gasteiger partial charge >= 0.3 is 0 Å². The molecule has 3 saturated heterocycles. The fraction of sp³-hybridized carbons (Fsp3) is 0.692. The van der Waals surface area contributed by atoms with Crippen molar-refractivity contribution >= 4 is 24.5 Å². The van der Waals surface area contributed by atoms with Gasteiger partial charge in [-0.1, -0.05) is 6.92 Å². The van der Waals surface area contributed by atoms with Crippen LogP contribution in [0.4, 0.5) is 0 Å². The molecular weight excluding hydrogens is 248 g/mol. The Morgan fingerprint density at radius 1 is 1.44 bits per heavy atom. The Kier molecular flexibility index (Phi) is 4.92. The lowest BCUT2D eigenvalue weighted by atomic mass is 9.87. The van der Waals surface area contributed by atoms with Crippen LogP contribution in [0.2, 0.25) is 0 Å². The van der Waals surface area contributed by atoms with E-state index in [2.05, 4.69) is 33.4 Å². The monoisotopic (exact) mass is 268 g/mol. The van der Waals surface area contributed by atoms with Crippen LogP contribution in [-0.2, 0) is 0 Å². The summed E-state index contributed by atoms with van der Waals surface area (Å²) in [5.74, 6) is 0. The van der Waals surface area contributed by atoms with E-state index in [0.29, 0.717) is 6.00 Å². The molecule has 2 bridgehead atoms. The first-order chi connectivity index (χ1) is 8.78. The molecule has 0 N–H and O–H groups in total. The van der Waals surface area contributed by atoms with Crippen LogP contribution < -0.4 is 0 Å². The minimum Gasteiger partial charge on any atom is -0.296 e. The molecule has 0 aromatic heterocycles. The van der Waals surface area contributed by atoms with E-state index in [1.807, 2.05) is 0 Å². The molecule has 0 aromatic rings. The number of likely N-dealkylation sites (N-methyl/N-ethyl adjacent to an activating group) is 1. The van der Waals surface area contributed by atoms with Gasteiger partial charge in [-0.2, -0.15) is 0 Å². The molecule has 3 aliphatic rings. The highest BCUT2D eigenvalue weighted by Gasteiger charge is 2.43. The number of piperazine rings is 1. The van der Waals surface area contributed by atoms with Crippen molar-refractivity contribution in [2.75, 3.05) is 32.2 Å². The second kappa shape index (κ2) is 6.45. The van der Waals surface area contributed by atoms with Gasteiger partial charge < -0.3 is 0 Å². The second-order valence-electron chi connectivity index (χ2n) is 4.89. The number of halogens is 1. The van der Waals surface area contributed by atoms with Crippen LogP contribution in [0, 0.1) is 0 Å². The van der Waals surface area contributed by atoms with E-state index in [-0.39, 0.29) is 0 Å². The molecule has 3 aliphatic heterocycles. The second-order valence-corrected chi connectivity index (χ2v) is 5.12. The smallest absolute Gasteiger partial charge is 0.113 e. The molecule has 3 fully saturated rings. The predicted molar refractivity (Wildman–Crippen MR) is 77.9 cm³/mol. The summed E-state index contributed by atoms with van der Waals surface area (Å²) in [6, 6.07) is 1.79. The molecule has 2 atom stereocenters. The summed E-state index contributed by atoms with van der Waals surface area (Å²) < 4.78 is 0. The quantitative estimate of drug-likeness (QED) is 0.416. The SMILES string of the molecule is C=N/C=C(\C=N/CCl)CN1CC2CC(C1)N2CC. The standard InChI is InChI=1S/C13H21ClN4/c1-3-18-12-4-13(18)9-17(8-12)7-11(5-15-2)6-16-10-14/h5-6,12-13H,2-4,7-10H2,1H3/b11-5+,16-6-. The van der Waals surface area contributed by atoms with Gasteiger partial charge in [0.05, 0.1) is 0 Å². The lowest BCUT2D eigenvalue weighted by molar-refractivity contribution is -0.0619. The number of alkyl halides is 1. The molecular formula is C13H21ClN4. The van der Waals surface area contributed by atoms with Gasteiger partial charge in [-0.05, 0) is 19.7 Å². The number of hydrogen-bond donors (Lipinski definition) is 0. The number of nitrogens with zero attached hydrogens (tertiary/aromatic N) is 4. The van der Waals surface area contributed by atoms with Gasteiger partial charge in [0, 0.05) is 49.7 Å². The van der Waals surface area contributed by atoms with Crippen molar-refractivity contribution in [3.8, 4) is 0 Å². The van der Waals surface area contributed by atoms with E-state index in [9.17, 15) is 0 Å². The summed E-state index contributed by atoms with van der Waals surface area (Å²) in [5.41, 5.74) is 1.08. The lowest BCUT2D eigenvalue weighted by Crippen LogP contribution is -2.68. The van der Waals surface area contributed by atoms with Crippen LogP contribution in [0.5, 0.6) is 0 Å². The molecule has 2 unspecified atom stereocenters. The zero-order chi connectivity index (χ0) is 13.0. The zero-order valence-electron chi connectivity index (χ0n) is 10.9. The fourth-order valence-electron chi connectivity index (χ4n) is 3.06. The van der Waals surface area contributed by atoms with Gasteiger partial charge in [0.15, 0.2) is 0 Å². The molecule has 0 amide bonds. The normalized spacial score (nSPS) is 29.6. The molecule has 0 saturated carbocycles. The average Bonchev–Trinajstić information content (AvgIpc) is 2.37. The molecule has 0 aliphatic carbocycles. The third-order valence-electron chi connectivity index (χ3n) is 3.77. The molecule has 18 heavy (non-hydrogen) atoms. The van der Waals surface area contributed by atoms with Gasteiger partial charge in [0.2, 0.25) is 0 Å². The summed E-state index contributed by atoms with van der Waals surface area (Å²) in [7, 11) is 0. The van der Waals surface area contributed by atoms with Crippen LogP contribution in [0.25, 0.3) is 0 Å². The Labute approximate surface area is 114 Å². The average molecular weight is 269 g/mol. The number of hydrogen-bond acceptors (Lipinski definition) is 4. The minimum atomic E-state index is 0.295. The van der Waals surface area contributed by atoms with E-state index in [0.717, 1.165) is 37.3 Å². The highest BCUT2D eigenvalue weighted by Crippen LogP contribution is 2.31. The van der Waals surface area contributed by atoms with Crippen molar-refractivity contribution < 1.29 is 0 Å². The highest BCUT2D eigenvalue weighted by molar-refractivity contribution is 6.18. The van der Waals surface area contributed by atoms with Crippen LogP contribution in [0.1, 0.15) is 13.3 Å². The van der Waals surface area contributed by atoms with E-state index in [4.69, 9.17) is 11.6 Å². The Bertz CT molecular complexity index is 341. The van der Waals surface area contributed by atoms with Gasteiger partial charge in [0.25, 0.3) is 0 Å². The van der Waals surface area contributed by atoms with E-state index < -0.39 is 0 Å². The Morgan fingerprint density at radius 2 is 2.17 bits per heavy atom. The Hall–Kier alpha value is -0.710. The van der Waals surface area contributed by atoms with Crippen molar-refractivity contribution in [3.05, 3.63) is 11.8 Å². The van der Waals surface area contributed by atoms with Crippen molar-refractivity contribution in [1.29, 1.82) is 0 Å². The lowest BCUT2D eigenvalue weighted by Gasteiger charge is -2.56. The van der Waals surface area contributed by atoms with Crippen LogP contribution in [0.3, 0.4) is 0 Å². The van der Waals surface area contributed by atoms with Crippen LogP contribution >= 0.6 is 11.6 Å². The van der Waals surface area contributed by atoms with Crippen LogP contribution in [-0.4, -0.2) is 67.0 Å². The molecule has 0 spiro atoms. The molecule has 0 aromatic carbocycles. The molecule has 4 nitrogen and oxygen atoms in total. The highest BCUT2D eigenvalue weighted by atomic mass is 35.5. The topological polar surface area (TPSA) is 31.2 Å². The predicted octanol–water partition coefficient (Wildman–Crippen LogP) is 1.62. The largest absolute Gasteiger partial charge is 0.296 e. The number of aliphatic imine (C=N–C) groups is 2. The molecule has 5 heteroatoms.